The van der Waals surface area contributed by atoms with Crippen molar-refractivity contribution in [3.05, 3.63) is 17.5 Å². The fraction of sp³-hybridized carbons (Fsp3) is 0.700. The standard InChI is InChI=1S/C10H14N6O3S/c1-2-8-11-10(19-13-8)6-20(17,18)5-9-12-14-15-16(9)7-3-4-7/h7H,2-6H2,1H3. The molecule has 0 saturated heterocycles. The maximum Gasteiger partial charge on any atom is 0.241 e. The monoisotopic (exact) mass is 298 g/mol. The van der Waals surface area contributed by atoms with E-state index in [4.69, 9.17) is 4.52 Å². The van der Waals surface area contributed by atoms with Crippen molar-refractivity contribution in [2.75, 3.05) is 0 Å². The third-order valence-electron chi connectivity index (χ3n) is 2.97. The van der Waals surface area contributed by atoms with Gasteiger partial charge in [-0.2, -0.15) is 4.98 Å². The molecule has 1 aliphatic carbocycles. The van der Waals surface area contributed by atoms with Gasteiger partial charge in [-0.25, -0.2) is 13.1 Å². The molecule has 2 aromatic rings. The first-order valence-corrected chi connectivity index (χ1v) is 8.18. The summed E-state index contributed by atoms with van der Waals surface area (Å²) >= 11 is 0. The van der Waals surface area contributed by atoms with E-state index in [9.17, 15) is 8.42 Å². The molecule has 1 fully saturated rings. The highest BCUT2D eigenvalue weighted by molar-refractivity contribution is 7.89. The van der Waals surface area contributed by atoms with E-state index in [2.05, 4.69) is 25.7 Å². The second kappa shape index (κ2) is 4.93. The van der Waals surface area contributed by atoms with Crippen LogP contribution in [0.25, 0.3) is 0 Å². The van der Waals surface area contributed by atoms with E-state index in [0.29, 0.717) is 18.1 Å². The first-order valence-electron chi connectivity index (χ1n) is 6.36. The minimum Gasteiger partial charge on any atom is -0.338 e. The SMILES string of the molecule is CCc1noc(CS(=O)(=O)Cc2nnnn2C2CC2)n1. The molecule has 2 heterocycles. The van der Waals surface area contributed by atoms with E-state index in [1.807, 2.05) is 6.92 Å². The smallest absolute Gasteiger partial charge is 0.241 e. The summed E-state index contributed by atoms with van der Waals surface area (Å²) in [5.74, 6) is 0.450. The van der Waals surface area contributed by atoms with Crippen molar-refractivity contribution in [3.8, 4) is 0 Å². The van der Waals surface area contributed by atoms with E-state index in [1.165, 1.54) is 0 Å². The third-order valence-corrected chi connectivity index (χ3v) is 4.36. The predicted octanol–water partition coefficient (Wildman–Crippen LogP) is 0.0684. The van der Waals surface area contributed by atoms with Crippen LogP contribution in [0, 0.1) is 0 Å². The highest BCUT2D eigenvalue weighted by Gasteiger charge is 2.30. The van der Waals surface area contributed by atoms with Crippen LogP contribution in [0.3, 0.4) is 0 Å². The normalized spacial score (nSPS) is 15.7. The lowest BCUT2D eigenvalue weighted by molar-refractivity contribution is 0.383. The molecule has 10 heteroatoms. The number of hydrogen-bond acceptors (Lipinski definition) is 8. The van der Waals surface area contributed by atoms with Crippen LogP contribution in [0.2, 0.25) is 0 Å². The molecule has 2 aromatic heterocycles. The first kappa shape index (κ1) is 13.2. The topological polar surface area (TPSA) is 117 Å². The van der Waals surface area contributed by atoms with Gasteiger partial charge in [-0.15, -0.1) is 5.10 Å². The Labute approximate surface area is 115 Å². The van der Waals surface area contributed by atoms with Crippen molar-refractivity contribution in [2.45, 2.75) is 43.7 Å². The van der Waals surface area contributed by atoms with Gasteiger partial charge < -0.3 is 4.52 Å². The average Bonchev–Trinajstić information content (AvgIpc) is 2.97. The molecule has 0 aliphatic heterocycles. The largest absolute Gasteiger partial charge is 0.338 e. The van der Waals surface area contributed by atoms with Crippen LogP contribution in [0.5, 0.6) is 0 Å². The highest BCUT2D eigenvalue weighted by Crippen LogP contribution is 2.34. The molecule has 0 amide bonds. The molecular weight excluding hydrogens is 284 g/mol. The summed E-state index contributed by atoms with van der Waals surface area (Å²) in [4.78, 5) is 4.00. The van der Waals surface area contributed by atoms with E-state index in [0.717, 1.165) is 12.8 Å². The molecule has 1 saturated carbocycles. The van der Waals surface area contributed by atoms with Crippen LogP contribution in [0.1, 0.15) is 43.3 Å². The summed E-state index contributed by atoms with van der Waals surface area (Å²) < 4.78 is 30.7. The minimum atomic E-state index is -3.44. The molecule has 20 heavy (non-hydrogen) atoms. The number of nitrogens with zero attached hydrogens (tertiary/aromatic N) is 6. The summed E-state index contributed by atoms with van der Waals surface area (Å²) in [6, 6.07) is 0.241. The number of sulfone groups is 1. The van der Waals surface area contributed by atoms with E-state index in [-0.39, 0.29) is 23.4 Å². The lowest BCUT2D eigenvalue weighted by Crippen LogP contribution is -2.13. The van der Waals surface area contributed by atoms with Gasteiger partial charge in [-0.1, -0.05) is 12.1 Å². The fourth-order valence-corrected chi connectivity index (χ4v) is 3.02. The van der Waals surface area contributed by atoms with Crippen LogP contribution in [0.15, 0.2) is 4.52 Å². The predicted molar refractivity (Wildman–Crippen MR) is 66.1 cm³/mol. The molecule has 3 rings (SSSR count). The maximum absolute atomic E-state index is 12.1. The molecule has 0 N–H and O–H groups in total. The molecular formula is C10H14N6O3S. The van der Waals surface area contributed by atoms with Crippen LogP contribution >= 0.6 is 0 Å². The van der Waals surface area contributed by atoms with Crippen molar-refractivity contribution in [1.82, 2.24) is 30.3 Å². The molecule has 0 radical (unpaired) electrons. The number of hydrogen-bond donors (Lipinski definition) is 0. The molecule has 0 atom stereocenters. The molecule has 108 valence electrons. The Balaban J connectivity index is 1.73. The second-order valence-electron chi connectivity index (χ2n) is 4.76. The Kier molecular flexibility index (Phi) is 3.24. The lowest BCUT2D eigenvalue weighted by Gasteiger charge is -2.02. The third kappa shape index (κ3) is 2.84. The van der Waals surface area contributed by atoms with Crippen molar-refractivity contribution >= 4 is 9.84 Å². The minimum absolute atomic E-state index is 0.104. The zero-order chi connectivity index (χ0) is 14.2. The molecule has 0 spiro atoms. The summed E-state index contributed by atoms with van der Waals surface area (Å²) in [5.41, 5.74) is 0. The Morgan fingerprint density at radius 1 is 1.35 bits per heavy atom. The zero-order valence-corrected chi connectivity index (χ0v) is 11.7. The van der Waals surface area contributed by atoms with Gasteiger partial charge in [0.1, 0.15) is 11.5 Å². The summed E-state index contributed by atoms with van der Waals surface area (Å²) in [6.45, 7) is 1.87. The van der Waals surface area contributed by atoms with Gasteiger partial charge >= 0.3 is 0 Å². The number of tetrazole rings is 1. The van der Waals surface area contributed by atoms with E-state index < -0.39 is 9.84 Å². The first-order chi connectivity index (χ1) is 9.57. The van der Waals surface area contributed by atoms with Gasteiger partial charge in [0.15, 0.2) is 21.5 Å². The van der Waals surface area contributed by atoms with Crippen LogP contribution in [0.4, 0.5) is 0 Å². The second-order valence-corrected chi connectivity index (χ2v) is 6.83. The van der Waals surface area contributed by atoms with Crippen LogP contribution < -0.4 is 0 Å². The van der Waals surface area contributed by atoms with Crippen molar-refractivity contribution < 1.29 is 12.9 Å². The zero-order valence-electron chi connectivity index (χ0n) is 10.9. The number of rotatable bonds is 6. The maximum atomic E-state index is 12.1. The Morgan fingerprint density at radius 2 is 2.15 bits per heavy atom. The molecule has 1 aliphatic rings. The van der Waals surface area contributed by atoms with Gasteiger partial charge in [0.05, 0.1) is 6.04 Å². The average molecular weight is 298 g/mol. The quantitative estimate of drug-likeness (QED) is 0.735. The van der Waals surface area contributed by atoms with E-state index in [1.54, 1.807) is 4.68 Å². The van der Waals surface area contributed by atoms with Crippen molar-refractivity contribution in [2.24, 2.45) is 0 Å². The lowest BCUT2D eigenvalue weighted by atomic mass is 10.5. The van der Waals surface area contributed by atoms with Gasteiger partial charge in [0.2, 0.25) is 5.89 Å². The fourth-order valence-electron chi connectivity index (χ4n) is 1.84. The molecule has 0 aromatic carbocycles. The van der Waals surface area contributed by atoms with Gasteiger partial charge in [0, 0.05) is 6.42 Å². The molecule has 9 nitrogen and oxygen atoms in total. The summed E-state index contributed by atoms with van der Waals surface area (Å²) in [6.07, 6.45) is 2.58. The Hall–Kier alpha value is -1.84. The van der Waals surface area contributed by atoms with Crippen molar-refractivity contribution in [3.63, 3.8) is 0 Å². The highest BCUT2D eigenvalue weighted by atomic mass is 32.2. The van der Waals surface area contributed by atoms with E-state index >= 15 is 0 Å². The van der Waals surface area contributed by atoms with Gasteiger partial charge in [-0.3, -0.25) is 0 Å². The van der Waals surface area contributed by atoms with Crippen molar-refractivity contribution in [1.29, 1.82) is 0 Å². The molecule has 0 bridgehead atoms. The number of aromatic nitrogens is 6. The number of aryl methyl sites for hydroxylation is 1. The summed E-state index contributed by atoms with van der Waals surface area (Å²) in [5, 5.41) is 14.8. The van der Waals surface area contributed by atoms with Crippen LogP contribution in [-0.2, 0) is 27.8 Å². The van der Waals surface area contributed by atoms with Gasteiger partial charge in [-0.05, 0) is 23.3 Å². The van der Waals surface area contributed by atoms with Gasteiger partial charge in [0.25, 0.3) is 0 Å². The Bertz CT molecular complexity index is 702. The molecule has 0 unspecified atom stereocenters. The van der Waals surface area contributed by atoms with Crippen LogP contribution in [-0.4, -0.2) is 38.8 Å². The Morgan fingerprint density at radius 3 is 2.80 bits per heavy atom. The summed E-state index contributed by atoms with van der Waals surface area (Å²) in [7, 11) is -3.44.